The summed E-state index contributed by atoms with van der Waals surface area (Å²) in [5.74, 6) is 0.891. The molecule has 0 aromatic carbocycles. The van der Waals surface area contributed by atoms with Gasteiger partial charge < -0.3 is 14.2 Å². The predicted octanol–water partition coefficient (Wildman–Crippen LogP) is 1.19. The van der Waals surface area contributed by atoms with Crippen LogP contribution in [0.5, 0.6) is 0 Å². The van der Waals surface area contributed by atoms with E-state index in [1.807, 2.05) is 18.2 Å². The SMILES string of the molecule is CCN(C[C@H]1CN(Cc2ccon2)CCO1)c1cccnn1. The second kappa shape index (κ2) is 7.33. The van der Waals surface area contributed by atoms with Gasteiger partial charge >= 0.3 is 0 Å². The van der Waals surface area contributed by atoms with Crippen molar-refractivity contribution in [3.63, 3.8) is 0 Å². The Bertz CT molecular complexity index is 548. The van der Waals surface area contributed by atoms with E-state index in [9.17, 15) is 0 Å². The lowest BCUT2D eigenvalue weighted by atomic mass is 10.2. The van der Waals surface area contributed by atoms with Crippen LogP contribution in [0.1, 0.15) is 12.6 Å². The van der Waals surface area contributed by atoms with E-state index in [0.717, 1.165) is 50.8 Å². The monoisotopic (exact) mass is 303 g/mol. The van der Waals surface area contributed by atoms with E-state index in [2.05, 4.69) is 32.1 Å². The lowest BCUT2D eigenvalue weighted by molar-refractivity contribution is -0.0274. The van der Waals surface area contributed by atoms with Crippen molar-refractivity contribution < 1.29 is 9.26 Å². The van der Waals surface area contributed by atoms with E-state index < -0.39 is 0 Å². The van der Waals surface area contributed by atoms with Crippen LogP contribution in [0.25, 0.3) is 0 Å². The summed E-state index contributed by atoms with van der Waals surface area (Å²) in [6, 6.07) is 5.79. The molecule has 1 aliphatic rings. The van der Waals surface area contributed by atoms with Gasteiger partial charge in [0.05, 0.1) is 18.4 Å². The molecule has 0 bridgehead atoms. The molecule has 7 heteroatoms. The van der Waals surface area contributed by atoms with E-state index in [1.165, 1.54) is 0 Å². The van der Waals surface area contributed by atoms with Gasteiger partial charge in [0, 0.05) is 45.0 Å². The molecule has 0 unspecified atom stereocenters. The first-order valence-electron chi connectivity index (χ1n) is 7.61. The second-order valence-electron chi connectivity index (χ2n) is 5.34. The van der Waals surface area contributed by atoms with Gasteiger partial charge in [-0.3, -0.25) is 4.90 Å². The number of nitrogens with zero attached hydrogens (tertiary/aromatic N) is 5. The van der Waals surface area contributed by atoms with Gasteiger partial charge in [-0.25, -0.2) is 0 Å². The zero-order chi connectivity index (χ0) is 15.2. The molecule has 0 radical (unpaired) electrons. The van der Waals surface area contributed by atoms with Gasteiger partial charge in [-0.1, -0.05) is 5.16 Å². The molecule has 3 heterocycles. The largest absolute Gasteiger partial charge is 0.374 e. The van der Waals surface area contributed by atoms with Crippen molar-refractivity contribution in [1.82, 2.24) is 20.3 Å². The number of ether oxygens (including phenoxy) is 1. The first-order chi connectivity index (χ1) is 10.8. The van der Waals surface area contributed by atoms with Crippen molar-refractivity contribution in [1.29, 1.82) is 0 Å². The maximum Gasteiger partial charge on any atom is 0.151 e. The Kier molecular flexibility index (Phi) is 4.97. The Hall–Kier alpha value is -1.99. The maximum absolute atomic E-state index is 5.91. The smallest absolute Gasteiger partial charge is 0.151 e. The molecule has 2 aromatic heterocycles. The van der Waals surface area contributed by atoms with Gasteiger partial charge in [0.2, 0.25) is 0 Å². The maximum atomic E-state index is 5.91. The van der Waals surface area contributed by atoms with Gasteiger partial charge in [0.1, 0.15) is 6.26 Å². The molecule has 1 fully saturated rings. The minimum absolute atomic E-state index is 0.155. The standard InChI is InChI=1S/C15H21N5O2/c1-2-20(15-4-3-6-16-17-15)12-14-11-19(7-9-21-14)10-13-5-8-22-18-13/h3-6,8,14H,2,7,9-12H2,1H3/t14-/m1/s1. The highest BCUT2D eigenvalue weighted by atomic mass is 16.5. The van der Waals surface area contributed by atoms with Gasteiger partial charge in [0.15, 0.2) is 5.82 Å². The van der Waals surface area contributed by atoms with Crippen LogP contribution >= 0.6 is 0 Å². The average molecular weight is 303 g/mol. The summed E-state index contributed by atoms with van der Waals surface area (Å²) in [6.07, 6.45) is 3.46. The van der Waals surface area contributed by atoms with E-state index in [4.69, 9.17) is 9.26 Å². The lowest BCUT2D eigenvalue weighted by Gasteiger charge is -2.35. The fourth-order valence-corrected chi connectivity index (χ4v) is 2.68. The van der Waals surface area contributed by atoms with Crippen molar-refractivity contribution in [2.45, 2.75) is 19.6 Å². The topological polar surface area (TPSA) is 67.5 Å². The Labute approximate surface area is 129 Å². The molecule has 118 valence electrons. The first kappa shape index (κ1) is 14.9. The molecule has 2 aromatic rings. The van der Waals surface area contributed by atoms with E-state index in [0.29, 0.717) is 0 Å². The number of morpholine rings is 1. The molecule has 0 saturated carbocycles. The molecule has 22 heavy (non-hydrogen) atoms. The van der Waals surface area contributed by atoms with Gasteiger partial charge in [-0.15, -0.1) is 5.10 Å². The number of likely N-dealkylation sites (N-methyl/N-ethyl adjacent to an activating group) is 1. The van der Waals surface area contributed by atoms with Crippen LogP contribution in [0.15, 0.2) is 35.2 Å². The zero-order valence-electron chi connectivity index (χ0n) is 12.8. The van der Waals surface area contributed by atoms with Crippen LogP contribution in [-0.4, -0.2) is 59.1 Å². The van der Waals surface area contributed by atoms with Crippen molar-refractivity contribution in [3.8, 4) is 0 Å². The van der Waals surface area contributed by atoms with E-state index in [-0.39, 0.29) is 6.10 Å². The highest BCUT2D eigenvalue weighted by Crippen LogP contribution is 2.14. The normalized spacial score (nSPS) is 19.2. The molecule has 7 nitrogen and oxygen atoms in total. The van der Waals surface area contributed by atoms with Crippen LogP contribution in [0.3, 0.4) is 0 Å². The van der Waals surface area contributed by atoms with Crippen LogP contribution in [-0.2, 0) is 11.3 Å². The van der Waals surface area contributed by atoms with E-state index in [1.54, 1.807) is 12.5 Å². The Balaban J connectivity index is 1.57. The Morgan fingerprint density at radius 1 is 1.41 bits per heavy atom. The molecule has 1 atom stereocenters. The summed E-state index contributed by atoms with van der Waals surface area (Å²) >= 11 is 0. The number of hydrogen-bond donors (Lipinski definition) is 0. The second-order valence-corrected chi connectivity index (χ2v) is 5.34. The van der Waals surface area contributed by atoms with Crippen LogP contribution in [0.4, 0.5) is 5.82 Å². The highest BCUT2D eigenvalue weighted by molar-refractivity contribution is 5.36. The third kappa shape index (κ3) is 3.80. The molecular formula is C15H21N5O2. The molecule has 1 saturated heterocycles. The van der Waals surface area contributed by atoms with Crippen molar-refractivity contribution in [2.24, 2.45) is 0 Å². The fraction of sp³-hybridized carbons (Fsp3) is 0.533. The molecular weight excluding hydrogens is 282 g/mol. The summed E-state index contributed by atoms with van der Waals surface area (Å²) in [7, 11) is 0. The molecule has 0 aliphatic carbocycles. The van der Waals surface area contributed by atoms with E-state index >= 15 is 0 Å². The number of rotatable bonds is 6. The van der Waals surface area contributed by atoms with Crippen molar-refractivity contribution in [3.05, 3.63) is 36.4 Å². The summed E-state index contributed by atoms with van der Waals surface area (Å²) in [4.78, 5) is 4.54. The molecule has 1 aliphatic heterocycles. The minimum Gasteiger partial charge on any atom is -0.374 e. The predicted molar refractivity (Wildman–Crippen MR) is 81.4 cm³/mol. The lowest BCUT2D eigenvalue weighted by Crippen LogP contribution is -2.47. The first-order valence-corrected chi connectivity index (χ1v) is 7.61. The summed E-state index contributed by atoms with van der Waals surface area (Å²) < 4.78 is 10.8. The highest BCUT2D eigenvalue weighted by Gasteiger charge is 2.23. The third-order valence-electron chi connectivity index (χ3n) is 3.79. The number of aromatic nitrogens is 3. The summed E-state index contributed by atoms with van der Waals surface area (Å²) in [5.41, 5.74) is 0.960. The quantitative estimate of drug-likeness (QED) is 0.794. The molecule has 0 spiro atoms. The third-order valence-corrected chi connectivity index (χ3v) is 3.79. The number of hydrogen-bond acceptors (Lipinski definition) is 7. The molecule has 0 amide bonds. The zero-order valence-corrected chi connectivity index (χ0v) is 12.8. The van der Waals surface area contributed by atoms with Crippen LogP contribution < -0.4 is 4.90 Å². The molecule has 3 rings (SSSR count). The van der Waals surface area contributed by atoms with Gasteiger partial charge in [-0.2, -0.15) is 5.10 Å². The van der Waals surface area contributed by atoms with Gasteiger partial charge in [0.25, 0.3) is 0 Å². The Morgan fingerprint density at radius 2 is 2.36 bits per heavy atom. The van der Waals surface area contributed by atoms with Crippen molar-refractivity contribution in [2.75, 3.05) is 37.7 Å². The summed E-state index contributed by atoms with van der Waals surface area (Å²) in [6.45, 7) is 7.13. The number of anilines is 1. The molecule has 0 N–H and O–H groups in total. The van der Waals surface area contributed by atoms with Crippen molar-refractivity contribution >= 4 is 5.82 Å². The minimum atomic E-state index is 0.155. The fourth-order valence-electron chi connectivity index (χ4n) is 2.68. The average Bonchev–Trinajstić information content (AvgIpc) is 3.07. The van der Waals surface area contributed by atoms with Crippen LogP contribution in [0, 0.1) is 0 Å². The van der Waals surface area contributed by atoms with Crippen LogP contribution in [0.2, 0.25) is 0 Å². The Morgan fingerprint density at radius 3 is 3.09 bits per heavy atom. The summed E-state index contributed by atoms with van der Waals surface area (Å²) in [5, 5.41) is 12.1. The van der Waals surface area contributed by atoms with Gasteiger partial charge in [-0.05, 0) is 19.1 Å².